The fraction of sp³-hybridized carbons (Fsp3) is 0.800. The molecule has 0 bridgehead atoms. The van der Waals surface area contributed by atoms with Crippen LogP contribution in [0.5, 0.6) is 0 Å². The predicted octanol–water partition coefficient (Wildman–Crippen LogP) is 0.154. The van der Waals surface area contributed by atoms with Gasteiger partial charge in [0.05, 0.1) is 13.1 Å². The van der Waals surface area contributed by atoms with E-state index >= 15 is 0 Å². The zero-order valence-electron chi connectivity index (χ0n) is 10.3. The van der Waals surface area contributed by atoms with Crippen LogP contribution in [0.3, 0.4) is 0 Å². The first-order valence-electron chi connectivity index (χ1n) is 5.79. The highest BCUT2D eigenvalue weighted by Gasteiger charge is 2.46. The van der Waals surface area contributed by atoms with Crippen molar-refractivity contribution in [3.8, 4) is 0 Å². The minimum absolute atomic E-state index is 0.351. The largest absolute Gasteiger partial charge is 0.408 e. The second kappa shape index (κ2) is 5.90. The minimum Gasteiger partial charge on any atom is -0.349 e. The number of amides is 2. The van der Waals surface area contributed by atoms with Gasteiger partial charge in [-0.25, -0.2) is 8.78 Å². The van der Waals surface area contributed by atoms with Crippen molar-refractivity contribution in [2.75, 3.05) is 13.1 Å². The number of halogens is 5. The number of piperidine rings is 1. The van der Waals surface area contributed by atoms with Crippen molar-refractivity contribution in [3.63, 3.8) is 0 Å². The van der Waals surface area contributed by atoms with Gasteiger partial charge in [-0.15, -0.1) is 0 Å². The molecule has 116 valence electrons. The topological polar surface area (TPSA) is 84.2 Å². The van der Waals surface area contributed by atoms with Crippen molar-refractivity contribution in [1.82, 2.24) is 10.6 Å². The van der Waals surface area contributed by atoms with Crippen LogP contribution in [0.25, 0.3) is 0 Å². The van der Waals surface area contributed by atoms with Gasteiger partial charge in [-0.3, -0.25) is 9.59 Å². The molecule has 2 atom stereocenters. The Balaban J connectivity index is 2.54. The maximum absolute atomic E-state index is 12.8. The maximum atomic E-state index is 12.8. The van der Waals surface area contributed by atoms with Crippen LogP contribution >= 0.6 is 0 Å². The quantitative estimate of drug-likeness (QED) is 0.511. The van der Waals surface area contributed by atoms with Crippen LogP contribution < -0.4 is 16.4 Å². The third-order valence-electron chi connectivity index (χ3n) is 2.91. The van der Waals surface area contributed by atoms with Gasteiger partial charge >= 0.3 is 6.18 Å². The highest BCUT2D eigenvalue weighted by atomic mass is 19.4. The van der Waals surface area contributed by atoms with Gasteiger partial charge < -0.3 is 16.4 Å². The van der Waals surface area contributed by atoms with Crippen LogP contribution in [0.1, 0.15) is 12.8 Å². The molecule has 1 fully saturated rings. The van der Waals surface area contributed by atoms with Crippen LogP contribution in [0.15, 0.2) is 0 Å². The molecule has 1 saturated heterocycles. The first-order chi connectivity index (χ1) is 9.07. The summed E-state index contributed by atoms with van der Waals surface area (Å²) in [7, 11) is 0. The lowest BCUT2D eigenvalue weighted by Gasteiger charge is -2.30. The highest BCUT2D eigenvalue weighted by molar-refractivity contribution is 6.00. The number of rotatable bonds is 4. The molecule has 0 aromatic carbocycles. The Morgan fingerprint density at radius 1 is 1.30 bits per heavy atom. The molecular formula is C10H14F5N3O2. The van der Waals surface area contributed by atoms with E-state index in [2.05, 4.69) is 0 Å². The summed E-state index contributed by atoms with van der Waals surface area (Å²) in [6.07, 6.45) is -5.42. The molecule has 0 radical (unpaired) electrons. The molecule has 0 aliphatic carbocycles. The Labute approximate surface area is 111 Å². The van der Waals surface area contributed by atoms with Gasteiger partial charge in [0.25, 0.3) is 5.92 Å². The van der Waals surface area contributed by atoms with Crippen LogP contribution in [0.4, 0.5) is 22.0 Å². The summed E-state index contributed by atoms with van der Waals surface area (Å²) in [4.78, 5) is 22.9. The first kappa shape index (κ1) is 16.6. The lowest BCUT2D eigenvalue weighted by atomic mass is 9.93. The van der Waals surface area contributed by atoms with E-state index in [-0.39, 0.29) is 6.42 Å². The SMILES string of the molecule is NCC(F)(F)CNC(=O)C1CCC(C(F)(F)F)NC1=O. The Morgan fingerprint density at radius 2 is 1.90 bits per heavy atom. The molecule has 20 heavy (non-hydrogen) atoms. The molecule has 4 N–H and O–H groups in total. The van der Waals surface area contributed by atoms with Crippen molar-refractivity contribution in [3.05, 3.63) is 0 Å². The summed E-state index contributed by atoms with van der Waals surface area (Å²) in [5.74, 6) is -6.87. The van der Waals surface area contributed by atoms with Crippen LogP contribution in [0, 0.1) is 5.92 Å². The van der Waals surface area contributed by atoms with Crippen molar-refractivity contribution >= 4 is 11.8 Å². The van der Waals surface area contributed by atoms with Crippen molar-refractivity contribution in [2.24, 2.45) is 11.7 Å². The zero-order chi connectivity index (χ0) is 15.6. The average molecular weight is 303 g/mol. The van der Waals surface area contributed by atoms with Gasteiger partial charge in [0.2, 0.25) is 11.8 Å². The molecule has 1 heterocycles. The predicted molar refractivity (Wildman–Crippen MR) is 57.7 cm³/mol. The number of nitrogens with one attached hydrogen (secondary N) is 2. The number of alkyl halides is 5. The van der Waals surface area contributed by atoms with Gasteiger partial charge in [-0.1, -0.05) is 0 Å². The molecule has 1 rings (SSSR count). The number of carbonyl (C=O) groups excluding carboxylic acids is 2. The molecule has 0 spiro atoms. The number of hydrogen-bond donors (Lipinski definition) is 3. The Kier molecular flexibility index (Phi) is 4.90. The Hall–Kier alpha value is -1.45. The zero-order valence-corrected chi connectivity index (χ0v) is 10.3. The second-order valence-corrected chi connectivity index (χ2v) is 4.51. The van der Waals surface area contributed by atoms with Crippen molar-refractivity contribution in [1.29, 1.82) is 0 Å². The summed E-state index contributed by atoms with van der Waals surface area (Å²) in [5, 5.41) is 3.48. The molecule has 5 nitrogen and oxygen atoms in total. The number of carbonyl (C=O) groups is 2. The van der Waals surface area contributed by atoms with Crippen LogP contribution in [-0.2, 0) is 9.59 Å². The van der Waals surface area contributed by atoms with Crippen molar-refractivity contribution < 1.29 is 31.5 Å². The monoisotopic (exact) mass is 303 g/mol. The third kappa shape index (κ3) is 4.29. The number of nitrogens with two attached hydrogens (primary N) is 1. The molecule has 1 aliphatic rings. The highest BCUT2D eigenvalue weighted by Crippen LogP contribution is 2.28. The summed E-state index contributed by atoms with van der Waals surface area (Å²) in [5.41, 5.74) is 4.76. The average Bonchev–Trinajstić information content (AvgIpc) is 2.35. The fourth-order valence-electron chi connectivity index (χ4n) is 1.72. The standard InChI is InChI=1S/C10H14F5N3O2/c11-9(12,3-16)4-17-7(19)5-1-2-6(10(13,14)15)18-8(5)20/h5-6H,1-4,16H2,(H,17,19)(H,18,20). The Bertz CT molecular complexity index is 386. The van der Waals surface area contributed by atoms with E-state index in [0.29, 0.717) is 0 Å². The summed E-state index contributed by atoms with van der Waals surface area (Å²) in [6, 6.07) is -2.01. The van der Waals surface area contributed by atoms with Gasteiger partial charge in [0.15, 0.2) is 0 Å². The van der Waals surface area contributed by atoms with E-state index in [1.54, 1.807) is 5.32 Å². The lowest BCUT2D eigenvalue weighted by Crippen LogP contribution is -2.55. The van der Waals surface area contributed by atoms with Gasteiger partial charge in [0.1, 0.15) is 12.0 Å². The van der Waals surface area contributed by atoms with Crippen molar-refractivity contribution in [2.45, 2.75) is 31.0 Å². The molecular weight excluding hydrogens is 289 g/mol. The Morgan fingerprint density at radius 3 is 2.35 bits per heavy atom. The lowest BCUT2D eigenvalue weighted by molar-refractivity contribution is -0.171. The van der Waals surface area contributed by atoms with Crippen LogP contribution in [0.2, 0.25) is 0 Å². The fourth-order valence-corrected chi connectivity index (χ4v) is 1.72. The van der Waals surface area contributed by atoms with Gasteiger partial charge in [0, 0.05) is 0 Å². The van der Waals surface area contributed by atoms with Gasteiger partial charge in [-0.2, -0.15) is 13.2 Å². The van der Waals surface area contributed by atoms with Gasteiger partial charge in [-0.05, 0) is 12.8 Å². The molecule has 10 heteroatoms. The molecule has 2 unspecified atom stereocenters. The number of hydrogen-bond acceptors (Lipinski definition) is 3. The summed E-state index contributed by atoms with van der Waals surface area (Å²) < 4.78 is 62.7. The van der Waals surface area contributed by atoms with E-state index < -0.39 is 55.4 Å². The minimum atomic E-state index is -4.59. The second-order valence-electron chi connectivity index (χ2n) is 4.51. The maximum Gasteiger partial charge on any atom is 0.408 e. The summed E-state index contributed by atoms with van der Waals surface area (Å²) >= 11 is 0. The smallest absolute Gasteiger partial charge is 0.349 e. The van der Waals surface area contributed by atoms with E-state index in [1.807, 2.05) is 5.32 Å². The molecule has 0 saturated carbocycles. The van der Waals surface area contributed by atoms with Crippen LogP contribution in [-0.4, -0.2) is 43.0 Å². The normalized spacial score (nSPS) is 24.2. The third-order valence-corrected chi connectivity index (χ3v) is 2.91. The van der Waals surface area contributed by atoms with E-state index in [0.717, 1.165) is 0 Å². The molecule has 0 aromatic rings. The molecule has 1 aliphatic heterocycles. The van der Waals surface area contributed by atoms with E-state index in [1.165, 1.54) is 0 Å². The first-order valence-corrected chi connectivity index (χ1v) is 5.79. The van der Waals surface area contributed by atoms with E-state index in [9.17, 15) is 31.5 Å². The van der Waals surface area contributed by atoms with E-state index in [4.69, 9.17) is 5.73 Å². The molecule has 2 amide bonds. The summed E-state index contributed by atoms with van der Waals surface area (Å²) in [6.45, 7) is -2.05. The molecule has 0 aromatic heterocycles.